The minimum atomic E-state index is -0.317. The first kappa shape index (κ1) is 13.7. The molecule has 1 aromatic rings. The fourth-order valence-electron chi connectivity index (χ4n) is 1.94. The van der Waals surface area contributed by atoms with Crippen molar-refractivity contribution < 1.29 is 9.67 Å². The van der Waals surface area contributed by atoms with Gasteiger partial charge in [-0.15, -0.1) is 0 Å². The lowest BCUT2D eigenvalue weighted by molar-refractivity contribution is -0.670. The van der Waals surface area contributed by atoms with Gasteiger partial charge in [-0.05, 0) is 32.2 Å². The van der Waals surface area contributed by atoms with Crippen LogP contribution in [0.2, 0.25) is 0 Å². The number of nitrogen functional groups attached to an aromatic ring is 2. The van der Waals surface area contributed by atoms with Gasteiger partial charge in [0, 0.05) is 5.56 Å². The lowest BCUT2D eigenvalue weighted by atomic mass is 10.0. The molecule has 1 unspecified atom stereocenters. The molecule has 1 heterocycles. The van der Waals surface area contributed by atoms with Crippen LogP contribution in [0.15, 0.2) is 12.4 Å². The highest BCUT2D eigenvalue weighted by atomic mass is 16.3. The Balaban J connectivity index is 2.52. The quantitative estimate of drug-likeness (QED) is 0.512. The number of aliphatic hydroxyl groups excluding tert-OH is 1. The van der Waals surface area contributed by atoms with Gasteiger partial charge in [-0.1, -0.05) is 0 Å². The number of hydrogen-bond acceptors (Lipinski definition) is 4. The highest BCUT2D eigenvalue weighted by Crippen LogP contribution is 2.19. The summed E-state index contributed by atoms with van der Waals surface area (Å²) in [6, 6.07) is 0. The standard InChI is InChI=1S/C12H23N4O/c1-16-7-11(14)10(12(15)8-16)4-2-3-9(17)5-6-13/h7-9,17H,2-6,13-15H2,1H3/q+1. The molecule has 0 aromatic carbocycles. The van der Waals surface area contributed by atoms with Crippen LogP contribution in [0.4, 0.5) is 11.4 Å². The van der Waals surface area contributed by atoms with Gasteiger partial charge in [-0.3, -0.25) is 0 Å². The number of aliphatic hydroxyl groups is 1. The fourth-order valence-corrected chi connectivity index (χ4v) is 1.94. The van der Waals surface area contributed by atoms with E-state index in [0.717, 1.165) is 24.8 Å². The number of hydrogen-bond donors (Lipinski definition) is 4. The van der Waals surface area contributed by atoms with Crippen LogP contribution in [0.5, 0.6) is 0 Å². The van der Waals surface area contributed by atoms with E-state index in [2.05, 4.69) is 0 Å². The third-order valence-corrected chi connectivity index (χ3v) is 2.85. The van der Waals surface area contributed by atoms with E-state index in [9.17, 15) is 5.11 Å². The SMILES string of the molecule is C[n+]1cc(N)c(CCCC(O)CCN)c(N)c1. The number of pyridine rings is 1. The normalized spacial score (nSPS) is 12.6. The molecule has 7 N–H and O–H groups in total. The van der Waals surface area contributed by atoms with Gasteiger partial charge in [0.25, 0.3) is 0 Å². The van der Waals surface area contributed by atoms with Crippen LogP contribution in [-0.4, -0.2) is 17.8 Å². The maximum atomic E-state index is 9.56. The van der Waals surface area contributed by atoms with E-state index < -0.39 is 0 Å². The van der Waals surface area contributed by atoms with Crippen molar-refractivity contribution in [2.24, 2.45) is 12.8 Å². The van der Waals surface area contributed by atoms with Gasteiger partial charge >= 0.3 is 0 Å². The Morgan fingerprint density at radius 1 is 1.24 bits per heavy atom. The molecule has 0 aliphatic rings. The summed E-state index contributed by atoms with van der Waals surface area (Å²) in [6.07, 6.45) is 6.42. The van der Waals surface area contributed by atoms with Crippen molar-refractivity contribution in [1.29, 1.82) is 0 Å². The van der Waals surface area contributed by atoms with Gasteiger partial charge in [0.05, 0.1) is 6.10 Å². The number of aromatic nitrogens is 1. The predicted molar refractivity (Wildman–Crippen MR) is 69.1 cm³/mol. The highest BCUT2D eigenvalue weighted by Gasteiger charge is 2.10. The summed E-state index contributed by atoms with van der Waals surface area (Å²) >= 11 is 0. The molecule has 0 aliphatic carbocycles. The largest absolute Gasteiger partial charge is 0.394 e. The second-order valence-corrected chi connectivity index (χ2v) is 4.44. The van der Waals surface area contributed by atoms with E-state index in [0.29, 0.717) is 24.3 Å². The molecule has 1 atom stereocenters. The van der Waals surface area contributed by atoms with Crippen LogP contribution in [0.3, 0.4) is 0 Å². The zero-order valence-electron chi connectivity index (χ0n) is 10.4. The van der Waals surface area contributed by atoms with Crippen molar-refractivity contribution in [1.82, 2.24) is 0 Å². The van der Waals surface area contributed by atoms with Crippen molar-refractivity contribution in [2.75, 3.05) is 18.0 Å². The van der Waals surface area contributed by atoms with E-state index >= 15 is 0 Å². The number of anilines is 2. The maximum absolute atomic E-state index is 9.56. The van der Waals surface area contributed by atoms with Crippen LogP contribution in [0.1, 0.15) is 24.8 Å². The van der Waals surface area contributed by atoms with E-state index in [1.54, 1.807) is 0 Å². The van der Waals surface area contributed by atoms with Crippen LogP contribution < -0.4 is 21.8 Å². The van der Waals surface area contributed by atoms with Crippen LogP contribution in [0.25, 0.3) is 0 Å². The summed E-state index contributed by atoms with van der Waals surface area (Å²) in [7, 11) is 1.89. The van der Waals surface area contributed by atoms with Gasteiger partial charge in [0.1, 0.15) is 18.4 Å². The molecule has 5 nitrogen and oxygen atoms in total. The van der Waals surface area contributed by atoms with E-state index in [4.69, 9.17) is 17.2 Å². The molecule has 0 radical (unpaired) electrons. The van der Waals surface area contributed by atoms with Gasteiger partial charge in [-0.2, -0.15) is 0 Å². The van der Waals surface area contributed by atoms with Crippen molar-refractivity contribution >= 4 is 11.4 Å². The molecule has 0 fully saturated rings. The Kier molecular flexibility index (Phi) is 5.18. The number of nitrogens with two attached hydrogens (primary N) is 3. The molecule has 0 spiro atoms. The topological polar surface area (TPSA) is 102 Å². The smallest absolute Gasteiger partial charge is 0.192 e. The average molecular weight is 239 g/mol. The van der Waals surface area contributed by atoms with Gasteiger partial charge in [-0.25, -0.2) is 4.57 Å². The van der Waals surface area contributed by atoms with Gasteiger partial charge in [0.15, 0.2) is 12.4 Å². The molecule has 0 saturated heterocycles. The van der Waals surface area contributed by atoms with Crippen molar-refractivity contribution in [3.05, 3.63) is 18.0 Å². The minimum absolute atomic E-state index is 0.317. The Labute approximate surface area is 102 Å². The first-order valence-electron chi connectivity index (χ1n) is 5.95. The molecular formula is C12H23N4O+. The van der Waals surface area contributed by atoms with Crippen LogP contribution in [-0.2, 0) is 13.5 Å². The molecule has 0 amide bonds. The fraction of sp³-hybridized carbons (Fsp3) is 0.583. The van der Waals surface area contributed by atoms with E-state index in [1.807, 2.05) is 24.0 Å². The third kappa shape index (κ3) is 4.20. The first-order valence-corrected chi connectivity index (χ1v) is 5.95. The molecule has 0 aliphatic heterocycles. The van der Waals surface area contributed by atoms with Gasteiger partial charge < -0.3 is 22.3 Å². The Morgan fingerprint density at radius 2 is 1.82 bits per heavy atom. The van der Waals surface area contributed by atoms with Gasteiger partial charge in [0.2, 0.25) is 0 Å². The summed E-state index contributed by atoms with van der Waals surface area (Å²) in [5.74, 6) is 0. The van der Waals surface area contributed by atoms with Crippen LogP contribution >= 0.6 is 0 Å². The second-order valence-electron chi connectivity index (χ2n) is 4.44. The molecule has 5 heteroatoms. The number of rotatable bonds is 6. The monoisotopic (exact) mass is 239 g/mol. The predicted octanol–water partition coefficient (Wildman–Crippen LogP) is -0.292. The summed E-state index contributed by atoms with van der Waals surface area (Å²) in [5.41, 5.74) is 19.6. The van der Waals surface area contributed by atoms with Crippen molar-refractivity contribution in [2.45, 2.75) is 31.8 Å². The summed E-state index contributed by atoms with van der Waals surface area (Å²) in [4.78, 5) is 0. The third-order valence-electron chi connectivity index (χ3n) is 2.85. The zero-order valence-corrected chi connectivity index (χ0v) is 10.4. The molecule has 96 valence electrons. The molecule has 0 saturated carbocycles. The van der Waals surface area contributed by atoms with Crippen molar-refractivity contribution in [3.63, 3.8) is 0 Å². The van der Waals surface area contributed by atoms with Crippen molar-refractivity contribution in [3.8, 4) is 0 Å². The average Bonchev–Trinajstić information content (AvgIpc) is 2.22. The maximum Gasteiger partial charge on any atom is 0.192 e. The Bertz CT molecular complexity index is 345. The summed E-state index contributed by atoms with van der Waals surface area (Å²) in [5, 5.41) is 9.56. The number of aryl methyl sites for hydroxylation is 1. The second kappa shape index (κ2) is 6.42. The Morgan fingerprint density at radius 3 is 2.35 bits per heavy atom. The first-order chi connectivity index (χ1) is 8.04. The lowest BCUT2D eigenvalue weighted by Gasteiger charge is -2.10. The molecule has 17 heavy (non-hydrogen) atoms. The molecule has 0 bridgehead atoms. The summed E-state index contributed by atoms with van der Waals surface area (Å²) < 4.78 is 1.84. The summed E-state index contributed by atoms with van der Waals surface area (Å²) in [6.45, 7) is 0.520. The molecule has 1 aromatic heterocycles. The minimum Gasteiger partial charge on any atom is -0.394 e. The Hall–Kier alpha value is -1.33. The molecular weight excluding hydrogens is 216 g/mol. The zero-order chi connectivity index (χ0) is 12.8. The van der Waals surface area contributed by atoms with E-state index in [1.165, 1.54) is 0 Å². The number of nitrogens with zero attached hydrogens (tertiary/aromatic N) is 1. The van der Waals surface area contributed by atoms with Crippen LogP contribution in [0, 0.1) is 0 Å². The highest BCUT2D eigenvalue weighted by molar-refractivity contribution is 5.57. The lowest BCUT2D eigenvalue weighted by Crippen LogP contribution is -2.29. The van der Waals surface area contributed by atoms with E-state index in [-0.39, 0.29) is 6.10 Å². The molecule has 1 rings (SSSR count).